The highest BCUT2D eigenvalue weighted by molar-refractivity contribution is 5.81. The minimum absolute atomic E-state index is 0.0735. The van der Waals surface area contributed by atoms with Gasteiger partial charge in [-0.25, -0.2) is 0 Å². The number of carbonyl (C=O) groups is 1. The fraction of sp³-hybridized carbons (Fsp3) is 0.833. The molecule has 0 aromatic heterocycles. The molecule has 1 amide bonds. The van der Waals surface area contributed by atoms with Crippen LogP contribution in [-0.4, -0.2) is 25.0 Å². The Bertz CT molecular complexity index is 166. The molecule has 0 aromatic carbocycles. The number of ether oxygens (including phenoxy) is 1. The Morgan fingerprint density at radius 1 is 1.64 bits per heavy atom. The van der Waals surface area contributed by atoms with E-state index < -0.39 is 17.7 Å². The van der Waals surface area contributed by atoms with Crippen LogP contribution in [0.3, 0.4) is 0 Å². The molecule has 0 bridgehead atoms. The predicted octanol–water partition coefficient (Wildman–Crippen LogP) is 0.143. The minimum Gasteiger partial charge on any atom is -0.381 e. The smallest absolute Gasteiger partial charge is 0.329 e. The summed E-state index contributed by atoms with van der Waals surface area (Å²) < 4.78 is 30.1. The lowest BCUT2D eigenvalue weighted by Crippen LogP contribution is -2.42. The summed E-state index contributed by atoms with van der Waals surface area (Å²) in [5.41, 5.74) is 4.51. The van der Waals surface area contributed by atoms with Crippen LogP contribution in [0.1, 0.15) is 6.42 Å². The van der Waals surface area contributed by atoms with Crippen molar-refractivity contribution in [3.8, 4) is 0 Å². The molecule has 1 aliphatic rings. The molecule has 1 rings (SSSR count). The number of alkyl halides is 2. The van der Waals surface area contributed by atoms with Gasteiger partial charge in [0.1, 0.15) is 0 Å². The van der Waals surface area contributed by atoms with Crippen molar-refractivity contribution in [2.24, 2.45) is 11.7 Å². The van der Waals surface area contributed by atoms with Crippen molar-refractivity contribution in [3.63, 3.8) is 0 Å². The summed E-state index contributed by atoms with van der Waals surface area (Å²) in [5, 5.41) is 0. The second-order valence-electron chi connectivity index (χ2n) is 2.55. The van der Waals surface area contributed by atoms with Gasteiger partial charge in [0.05, 0.1) is 12.5 Å². The molecule has 1 atom stereocenters. The lowest BCUT2D eigenvalue weighted by Gasteiger charge is -2.17. The van der Waals surface area contributed by atoms with Gasteiger partial charge in [0, 0.05) is 6.61 Å². The number of hydrogen-bond acceptors (Lipinski definition) is 2. The lowest BCUT2D eigenvalue weighted by molar-refractivity contribution is -0.150. The van der Waals surface area contributed by atoms with E-state index in [1.807, 2.05) is 0 Å². The van der Waals surface area contributed by atoms with Crippen LogP contribution in [0, 0.1) is 5.92 Å². The van der Waals surface area contributed by atoms with Crippen molar-refractivity contribution in [1.82, 2.24) is 0 Å². The number of nitrogens with two attached hydrogens (primary N) is 1. The zero-order valence-corrected chi connectivity index (χ0v) is 5.85. The molecule has 3 nitrogen and oxygen atoms in total. The highest BCUT2D eigenvalue weighted by Crippen LogP contribution is 2.30. The first-order valence-corrected chi connectivity index (χ1v) is 3.30. The van der Waals surface area contributed by atoms with Crippen LogP contribution >= 0.6 is 0 Å². The van der Waals surface area contributed by atoms with E-state index in [1.54, 1.807) is 0 Å². The zero-order chi connectivity index (χ0) is 8.48. The number of hydrogen-bond donors (Lipinski definition) is 1. The van der Waals surface area contributed by atoms with Crippen LogP contribution < -0.4 is 5.73 Å². The molecular weight excluding hydrogens is 156 g/mol. The van der Waals surface area contributed by atoms with Crippen molar-refractivity contribution >= 4 is 5.91 Å². The first kappa shape index (κ1) is 8.39. The van der Waals surface area contributed by atoms with E-state index in [4.69, 9.17) is 4.74 Å². The SMILES string of the molecule is NC(=O)C(F)(F)C1CCOC1. The van der Waals surface area contributed by atoms with Crippen LogP contribution in [0.25, 0.3) is 0 Å². The third kappa shape index (κ3) is 1.48. The van der Waals surface area contributed by atoms with E-state index in [0.29, 0.717) is 0 Å². The van der Waals surface area contributed by atoms with Crippen LogP contribution in [0.2, 0.25) is 0 Å². The monoisotopic (exact) mass is 165 g/mol. The maximum absolute atomic E-state index is 12.7. The predicted molar refractivity (Wildman–Crippen MR) is 33.1 cm³/mol. The molecule has 1 fully saturated rings. The van der Waals surface area contributed by atoms with Gasteiger partial charge >= 0.3 is 5.92 Å². The van der Waals surface area contributed by atoms with Crippen molar-refractivity contribution in [2.75, 3.05) is 13.2 Å². The molecule has 0 aliphatic carbocycles. The normalized spacial score (nSPS) is 25.5. The summed E-state index contributed by atoms with van der Waals surface area (Å²) in [4.78, 5) is 10.2. The van der Waals surface area contributed by atoms with Gasteiger partial charge in [-0.1, -0.05) is 0 Å². The summed E-state index contributed by atoms with van der Waals surface area (Å²) in [7, 11) is 0. The van der Waals surface area contributed by atoms with Crippen LogP contribution in [-0.2, 0) is 9.53 Å². The van der Waals surface area contributed by atoms with Gasteiger partial charge in [0.25, 0.3) is 5.91 Å². The van der Waals surface area contributed by atoms with Crippen LogP contribution in [0.5, 0.6) is 0 Å². The molecule has 0 radical (unpaired) electrons. The fourth-order valence-electron chi connectivity index (χ4n) is 1.02. The second-order valence-corrected chi connectivity index (χ2v) is 2.55. The van der Waals surface area contributed by atoms with E-state index >= 15 is 0 Å². The van der Waals surface area contributed by atoms with Gasteiger partial charge in [0.15, 0.2) is 0 Å². The first-order valence-electron chi connectivity index (χ1n) is 3.30. The zero-order valence-electron chi connectivity index (χ0n) is 5.85. The van der Waals surface area contributed by atoms with Crippen LogP contribution in [0.4, 0.5) is 8.78 Å². The highest BCUT2D eigenvalue weighted by atomic mass is 19.3. The van der Waals surface area contributed by atoms with E-state index in [9.17, 15) is 13.6 Å². The minimum atomic E-state index is -3.41. The topological polar surface area (TPSA) is 52.3 Å². The Morgan fingerprint density at radius 2 is 2.27 bits per heavy atom. The molecule has 11 heavy (non-hydrogen) atoms. The number of primary amides is 1. The second kappa shape index (κ2) is 2.73. The van der Waals surface area contributed by atoms with Crippen LogP contribution in [0.15, 0.2) is 0 Å². The molecule has 0 saturated carbocycles. The van der Waals surface area contributed by atoms with Crippen molar-refractivity contribution in [1.29, 1.82) is 0 Å². The highest BCUT2D eigenvalue weighted by Gasteiger charge is 2.47. The number of halogens is 2. The average molecular weight is 165 g/mol. The third-order valence-corrected chi connectivity index (χ3v) is 1.77. The molecule has 0 spiro atoms. The molecule has 5 heteroatoms. The molecular formula is C6H9F2NO2. The summed E-state index contributed by atoms with van der Waals surface area (Å²) in [6.45, 7) is 0.212. The quantitative estimate of drug-likeness (QED) is 0.632. The van der Waals surface area contributed by atoms with Gasteiger partial charge in [-0.3, -0.25) is 4.79 Å². The third-order valence-electron chi connectivity index (χ3n) is 1.77. The Hall–Kier alpha value is -0.710. The van der Waals surface area contributed by atoms with Gasteiger partial charge in [-0.2, -0.15) is 8.78 Å². The van der Waals surface area contributed by atoms with Gasteiger partial charge in [0.2, 0.25) is 0 Å². The molecule has 2 N–H and O–H groups in total. The maximum atomic E-state index is 12.7. The van der Waals surface area contributed by atoms with Gasteiger partial charge in [-0.05, 0) is 6.42 Å². The Kier molecular flexibility index (Phi) is 2.08. The van der Waals surface area contributed by atoms with E-state index in [1.165, 1.54) is 0 Å². The summed E-state index contributed by atoms with van der Waals surface area (Å²) in [6.07, 6.45) is 0.204. The van der Waals surface area contributed by atoms with E-state index in [0.717, 1.165) is 0 Å². The number of amides is 1. The largest absolute Gasteiger partial charge is 0.381 e. The van der Waals surface area contributed by atoms with Crippen molar-refractivity contribution in [3.05, 3.63) is 0 Å². The standard InChI is InChI=1S/C6H9F2NO2/c7-6(8,5(9)10)4-1-2-11-3-4/h4H,1-3H2,(H2,9,10). The van der Waals surface area contributed by atoms with Crippen molar-refractivity contribution in [2.45, 2.75) is 12.3 Å². The van der Waals surface area contributed by atoms with Crippen molar-refractivity contribution < 1.29 is 18.3 Å². The molecule has 1 unspecified atom stereocenters. The first-order chi connectivity index (χ1) is 5.05. The molecule has 64 valence electrons. The Labute approximate surface area is 62.5 Å². The maximum Gasteiger partial charge on any atom is 0.329 e. The average Bonchev–Trinajstić information content (AvgIpc) is 2.37. The number of carbonyl (C=O) groups excluding carboxylic acids is 1. The molecule has 1 heterocycles. The Morgan fingerprint density at radius 3 is 2.64 bits per heavy atom. The summed E-state index contributed by atoms with van der Waals surface area (Å²) >= 11 is 0. The van der Waals surface area contributed by atoms with Gasteiger partial charge in [-0.15, -0.1) is 0 Å². The van der Waals surface area contributed by atoms with Gasteiger partial charge < -0.3 is 10.5 Å². The van der Waals surface area contributed by atoms with E-state index in [-0.39, 0.29) is 19.6 Å². The number of rotatable bonds is 2. The molecule has 0 aromatic rings. The summed E-state index contributed by atoms with van der Waals surface area (Å²) in [6, 6.07) is 0. The Balaban J connectivity index is 2.62. The lowest BCUT2D eigenvalue weighted by atomic mass is 10.0. The molecule has 1 saturated heterocycles. The summed E-state index contributed by atoms with van der Waals surface area (Å²) in [5.74, 6) is -6.00. The molecule has 1 aliphatic heterocycles. The fourth-order valence-corrected chi connectivity index (χ4v) is 1.02. The van der Waals surface area contributed by atoms with E-state index in [2.05, 4.69) is 5.73 Å².